The van der Waals surface area contributed by atoms with Gasteiger partial charge in [0.05, 0.1) is 11.2 Å². The van der Waals surface area contributed by atoms with E-state index in [-0.39, 0.29) is 0 Å². The molecule has 0 aliphatic rings. The van der Waals surface area contributed by atoms with Crippen LogP contribution in [-0.2, 0) is 6.42 Å². The van der Waals surface area contributed by atoms with E-state index in [0.29, 0.717) is 0 Å². The number of hydrogen-bond donors (Lipinski definition) is 0. The van der Waals surface area contributed by atoms with Gasteiger partial charge in [0.25, 0.3) is 0 Å². The number of allylic oxidation sites excluding steroid dienone is 1. The molecule has 66 heavy (non-hydrogen) atoms. The largest absolute Gasteiger partial charge is 0.455 e. The van der Waals surface area contributed by atoms with Crippen molar-refractivity contribution in [2.75, 3.05) is 4.90 Å². The summed E-state index contributed by atoms with van der Waals surface area (Å²) >= 11 is 0. The Hall–Kier alpha value is -8.40. The highest BCUT2D eigenvalue weighted by Gasteiger charge is 2.20. The van der Waals surface area contributed by atoms with E-state index < -0.39 is 0 Å². The molecule has 3 nitrogen and oxygen atoms in total. The first kappa shape index (κ1) is 39.2. The second-order valence-electron chi connectivity index (χ2n) is 17.1. The molecule has 0 radical (unpaired) electrons. The van der Waals surface area contributed by atoms with Gasteiger partial charge in [-0.2, -0.15) is 0 Å². The van der Waals surface area contributed by atoms with Crippen molar-refractivity contribution in [1.29, 1.82) is 0 Å². The Labute approximate surface area is 384 Å². The van der Waals surface area contributed by atoms with Gasteiger partial charge in [0, 0.05) is 55.6 Å². The van der Waals surface area contributed by atoms with Crippen LogP contribution in [0.3, 0.4) is 0 Å². The molecular weight excluding hydrogens is 801 g/mol. The molecule has 0 bridgehead atoms. The maximum absolute atomic E-state index is 6.46. The molecule has 0 amide bonds. The minimum atomic E-state index is 0.903. The third-order valence-corrected chi connectivity index (χ3v) is 13.3. The fourth-order valence-electron chi connectivity index (χ4n) is 10.2. The number of rotatable bonds is 9. The smallest absolute Gasteiger partial charge is 0.143 e. The molecule has 2 aromatic heterocycles. The Balaban J connectivity index is 0.945. The molecule has 0 saturated heterocycles. The normalized spacial score (nSPS) is 11.8. The number of fused-ring (bicyclic) bond motifs is 7. The quantitative estimate of drug-likeness (QED) is 0.135. The first-order valence-corrected chi connectivity index (χ1v) is 22.9. The summed E-state index contributed by atoms with van der Waals surface area (Å²) in [6, 6.07) is 79.2. The van der Waals surface area contributed by atoms with Gasteiger partial charge in [0.2, 0.25) is 0 Å². The van der Waals surface area contributed by atoms with Crippen molar-refractivity contribution in [3.63, 3.8) is 0 Å². The fraction of sp³-hybridized carbons (Fsp3) is 0.0476. The highest BCUT2D eigenvalue weighted by Crippen LogP contribution is 2.42. The molecule has 0 atom stereocenters. The SMILES string of the molecule is C/C=C\c1c(CC)n(-c2ccccc2-c2ccc(N(c3ccc(-c4ccc5c(ccc6ccccc65)c4)cc3)c3ccc(-c4cccc5c4oc4ccccc45)cc3)cc2)c2ccccc12. The van der Waals surface area contributed by atoms with E-state index in [2.05, 4.69) is 242 Å². The van der Waals surface area contributed by atoms with Crippen LogP contribution in [0, 0.1) is 0 Å². The Kier molecular flexibility index (Phi) is 9.69. The Morgan fingerprint density at radius 1 is 0.455 bits per heavy atom. The van der Waals surface area contributed by atoms with Crippen LogP contribution in [0.25, 0.3) is 99.5 Å². The van der Waals surface area contributed by atoms with Crippen molar-refractivity contribution in [2.24, 2.45) is 0 Å². The molecule has 3 heteroatoms. The zero-order valence-electron chi connectivity index (χ0n) is 36.9. The van der Waals surface area contributed by atoms with Crippen LogP contribution in [-0.4, -0.2) is 4.57 Å². The first-order chi connectivity index (χ1) is 32.6. The van der Waals surface area contributed by atoms with Gasteiger partial charge in [0.15, 0.2) is 0 Å². The molecule has 2 heterocycles. The average Bonchev–Trinajstić information content (AvgIpc) is 3.92. The highest BCUT2D eigenvalue weighted by molar-refractivity contribution is 6.10. The fourth-order valence-corrected chi connectivity index (χ4v) is 10.2. The van der Waals surface area contributed by atoms with Crippen LogP contribution in [0.5, 0.6) is 0 Å². The molecular formula is C63H46N2O. The predicted octanol–water partition coefficient (Wildman–Crippen LogP) is 17.9. The van der Waals surface area contributed by atoms with Gasteiger partial charge < -0.3 is 13.9 Å². The summed E-state index contributed by atoms with van der Waals surface area (Å²) in [5, 5.41) is 8.60. The van der Waals surface area contributed by atoms with Gasteiger partial charge in [-0.15, -0.1) is 0 Å². The summed E-state index contributed by atoms with van der Waals surface area (Å²) in [5.74, 6) is 0. The monoisotopic (exact) mass is 846 g/mol. The van der Waals surface area contributed by atoms with Crippen molar-refractivity contribution in [3.05, 3.63) is 236 Å². The summed E-state index contributed by atoms with van der Waals surface area (Å²) in [6.07, 6.45) is 5.32. The van der Waals surface area contributed by atoms with Crippen LogP contribution < -0.4 is 4.90 Å². The maximum atomic E-state index is 6.46. The van der Waals surface area contributed by atoms with E-state index >= 15 is 0 Å². The lowest BCUT2D eigenvalue weighted by atomic mass is 9.97. The second-order valence-corrected chi connectivity index (χ2v) is 17.1. The van der Waals surface area contributed by atoms with Gasteiger partial charge in [-0.25, -0.2) is 0 Å². The Morgan fingerprint density at radius 2 is 1.02 bits per heavy atom. The van der Waals surface area contributed by atoms with Crippen LogP contribution in [0.2, 0.25) is 0 Å². The molecule has 12 aromatic rings. The lowest BCUT2D eigenvalue weighted by Gasteiger charge is -2.26. The second kappa shape index (κ2) is 16.3. The summed E-state index contributed by atoms with van der Waals surface area (Å²) in [5.41, 5.74) is 16.9. The molecule has 10 aromatic carbocycles. The lowest BCUT2D eigenvalue weighted by Crippen LogP contribution is -2.10. The number of furan rings is 1. The Bertz CT molecular complexity index is 3790. The van der Waals surface area contributed by atoms with Gasteiger partial charge in [-0.05, 0) is 118 Å². The minimum absolute atomic E-state index is 0.903. The average molecular weight is 847 g/mol. The minimum Gasteiger partial charge on any atom is -0.455 e. The Morgan fingerprint density at radius 3 is 1.76 bits per heavy atom. The molecule has 0 saturated carbocycles. The number of hydrogen-bond acceptors (Lipinski definition) is 2. The number of para-hydroxylation sites is 4. The molecule has 0 aliphatic heterocycles. The van der Waals surface area contributed by atoms with E-state index in [4.69, 9.17) is 4.42 Å². The standard InChI is InChI=1S/C63H46N2O/c1-3-14-55-56-18-8-11-23-61(56)65(59(55)4-2)60-22-10-7-17-53(60)44-29-36-49(37-30-44)64(50-38-31-45(32-39-50)54-20-13-21-58-57-19-9-12-24-62(57)66-63(54)58)48-34-27-42(28-35-48)46-33-40-52-47(41-46)26-25-43-15-5-6-16-51(43)52/h3,5-41H,4H2,1-2H3/b14-3-. The zero-order valence-corrected chi connectivity index (χ0v) is 36.9. The molecule has 12 rings (SSSR count). The predicted molar refractivity (Wildman–Crippen MR) is 281 cm³/mol. The van der Waals surface area contributed by atoms with Crippen molar-refractivity contribution < 1.29 is 4.42 Å². The van der Waals surface area contributed by atoms with Crippen LogP contribution in [0.4, 0.5) is 17.1 Å². The third-order valence-electron chi connectivity index (χ3n) is 13.3. The maximum Gasteiger partial charge on any atom is 0.143 e. The van der Waals surface area contributed by atoms with Gasteiger partial charge in [0.1, 0.15) is 11.2 Å². The van der Waals surface area contributed by atoms with Crippen molar-refractivity contribution in [3.8, 4) is 39.1 Å². The molecule has 0 N–H and O–H groups in total. The summed E-state index contributed by atoms with van der Waals surface area (Å²) in [4.78, 5) is 2.36. The van der Waals surface area contributed by atoms with Crippen molar-refractivity contribution in [2.45, 2.75) is 20.3 Å². The topological polar surface area (TPSA) is 21.3 Å². The molecule has 0 spiro atoms. The first-order valence-electron chi connectivity index (χ1n) is 22.9. The van der Waals surface area contributed by atoms with E-state index in [0.717, 1.165) is 62.1 Å². The van der Waals surface area contributed by atoms with Crippen LogP contribution >= 0.6 is 0 Å². The van der Waals surface area contributed by atoms with Gasteiger partial charge >= 0.3 is 0 Å². The van der Waals surface area contributed by atoms with Crippen molar-refractivity contribution in [1.82, 2.24) is 4.57 Å². The number of benzene rings is 10. The number of anilines is 3. The third kappa shape index (κ3) is 6.59. The zero-order chi connectivity index (χ0) is 44.1. The summed E-state index contributed by atoms with van der Waals surface area (Å²) in [6.45, 7) is 4.35. The summed E-state index contributed by atoms with van der Waals surface area (Å²) < 4.78 is 8.93. The van der Waals surface area contributed by atoms with Crippen LogP contribution in [0.15, 0.2) is 229 Å². The molecule has 314 valence electrons. The van der Waals surface area contributed by atoms with Crippen LogP contribution in [0.1, 0.15) is 25.1 Å². The van der Waals surface area contributed by atoms with Gasteiger partial charge in [-0.3, -0.25) is 0 Å². The number of nitrogens with zero attached hydrogens (tertiary/aromatic N) is 2. The summed E-state index contributed by atoms with van der Waals surface area (Å²) in [7, 11) is 0. The van der Waals surface area contributed by atoms with E-state index in [9.17, 15) is 0 Å². The molecule has 0 unspecified atom stereocenters. The molecule has 0 fully saturated rings. The van der Waals surface area contributed by atoms with Crippen molar-refractivity contribution >= 4 is 77.5 Å². The lowest BCUT2D eigenvalue weighted by molar-refractivity contribution is 0.670. The molecule has 0 aliphatic carbocycles. The van der Waals surface area contributed by atoms with E-state index in [1.807, 2.05) is 12.1 Å². The van der Waals surface area contributed by atoms with Gasteiger partial charge in [-0.1, -0.05) is 177 Å². The highest BCUT2D eigenvalue weighted by atomic mass is 16.3. The van der Waals surface area contributed by atoms with E-state index in [1.54, 1.807) is 0 Å². The van der Waals surface area contributed by atoms with E-state index in [1.165, 1.54) is 66.1 Å². The number of aromatic nitrogens is 1.